The van der Waals surface area contributed by atoms with Crippen molar-refractivity contribution in [2.45, 2.75) is 51.0 Å². The Labute approximate surface area is 140 Å². The zero-order valence-corrected chi connectivity index (χ0v) is 15.2. The second kappa shape index (κ2) is 10.3. The molecule has 1 atom stereocenters. The molecule has 0 radical (unpaired) electrons. The molecule has 0 amide bonds. The molecule has 0 spiro atoms. The Bertz CT molecular complexity index is 571. The molecule has 0 aliphatic heterocycles. The summed E-state index contributed by atoms with van der Waals surface area (Å²) in [5, 5.41) is 6.43. The van der Waals surface area contributed by atoms with Crippen molar-refractivity contribution in [2.24, 2.45) is 4.99 Å². The number of benzene rings is 1. The van der Waals surface area contributed by atoms with Gasteiger partial charge in [0.05, 0.1) is 10.6 Å². The second-order valence-corrected chi connectivity index (χ2v) is 7.49. The van der Waals surface area contributed by atoms with Crippen LogP contribution in [0.2, 0.25) is 0 Å². The summed E-state index contributed by atoms with van der Waals surface area (Å²) in [5.41, 5.74) is 0. The van der Waals surface area contributed by atoms with Crippen LogP contribution in [0.4, 0.5) is 0 Å². The number of unbranched alkanes of at least 4 members (excludes halogenated alkanes) is 1. The Kier molecular flexibility index (Phi) is 8.69. The summed E-state index contributed by atoms with van der Waals surface area (Å²) in [7, 11) is -3.30. The fraction of sp³-hybridized carbons (Fsp3) is 0.588. The Balaban J connectivity index is 2.76. The van der Waals surface area contributed by atoms with Gasteiger partial charge in [0, 0.05) is 19.1 Å². The average Bonchev–Trinajstić information content (AvgIpc) is 2.55. The highest BCUT2D eigenvalue weighted by Crippen LogP contribution is 2.12. The second-order valence-electron chi connectivity index (χ2n) is 5.46. The van der Waals surface area contributed by atoms with E-state index in [1.54, 1.807) is 24.3 Å². The topological polar surface area (TPSA) is 70.6 Å². The van der Waals surface area contributed by atoms with E-state index in [1.165, 1.54) is 0 Å². The van der Waals surface area contributed by atoms with Crippen LogP contribution in [0.5, 0.6) is 0 Å². The molecule has 1 unspecified atom stereocenters. The normalized spacial score (nSPS) is 13.6. The van der Waals surface area contributed by atoms with Crippen LogP contribution in [-0.4, -0.2) is 39.3 Å². The average molecular weight is 340 g/mol. The molecule has 23 heavy (non-hydrogen) atoms. The third-order valence-corrected chi connectivity index (χ3v) is 5.31. The third-order valence-electron chi connectivity index (χ3n) is 3.48. The largest absolute Gasteiger partial charge is 0.357 e. The molecule has 1 rings (SSSR count). The first-order chi connectivity index (χ1) is 11.0. The Morgan fingerprint density at radius 1 is 1.17 bits per heavy atom. The lowest BCUT2D eigenvalue weighted by Crippen LogP contribution is -2.46. The van der Waals surface area contributed by atoms with E-state index in [9.17, 15) is 8.42 Å². The fourth-order valence-corrected chi connectivity index (χ4v) is 3.73. The van der Waals surface area contributed by atoms with E-state index in [0.29, 0.717) is 17.3 Å². The molecular formula is C17H29N3O2S. The summed E-state index contributed by atoms with van der Waals surface area (Å²) in [4.78, 5) is 4.86. The summed E-state index contributed by atoms with van der Waals surface area (Å²) in [6.07, 6.45) is 2.82. The molecule has 6 heteroatoms. The summed E-state index contributed by atoms with van der Waals surface area (Å²) >= 11 is 0. The number of hydrogen-bond donors (Lipinski definition) is 2. The van der Waals surface area contributed by atoms with Crippen molar-refractivity contribution >= 4 is 15.8 Å². The predicted octanol–water partition coefficient (Wildman–Crippen LogP) is 2.59. The summed E-state index contributed by atoms with van der Waals surface area (Å²) < 4.78 is 25.0. The highest BCUT2D eigenvalue weighted by molar-refractivity contribution is 7.91. The molecule has 1 aromatic rings. The molecule has 0 fully saturated rings. The Morgan fingerprint density at radius 2 is 1.87 bits per heavy atom. The van der Waals surface area contributed by atoms with E-state index < -0.39 is 9.84 Å². The molecule has 0 bridgehead atoms. The van der Waals surface area contributed by atoms with Gasteiger partial charge in [-0.25, -0.2) is 8.42 Å². The van der Waals surface area contributed by atoms with Crippen molar-refractivity contribution in [3.8, 4) is 0 Å². The number of hydrogen-bond acceptors (Lipinski definition) is 3. The highest BCUT2D eigenvalue weighted by atomic mass is 32.2. The van der Waals surface area contributed by atoms with E-state index in [1.807, 2.05) is 19.9 Å². The molecular weight excluding hydrogens is 310 g/mol. The molecule has 0 aliphatic carbocycles. The van der Waals surface area contributed by atoms with E-state index in [-0.39, 0.29) is 11.8 Å². The maximum Gasteiger partial charge on any atom is 0.191 e. The van der Waals surface area contributed by atoms with Crippen LogP contribution in [0.15, 0.2) is 40.2 Å². The molecule has 0 aliphatic rings. The molecule has 5 nitrogen and oxygen atoms in total. The van der Waals surface area contributed by atoms with Crippen LogP contribution in [0, 0.1) is 0 Å². The number of nitrogens with zero attached hydrogens (tertiary/aromatic N) is 1. The summed E-state index contributed by atoms with van der Waals surface area (Å²) in [6, 6.07) is 8.43. The van der Waals surface area contributed by atoms with Gasteiger partial charge in [0.1, 0.15) is 0 Å². The van der Waals surface area contributed by atoms with Gasteiger partial charge < -0.3 is 10.6 Å². The molecule has 0 aromatic heterocycles. The lowest BCUT2D eigenvalue weighted by molar-refractivity contribution is 0.568. The molecule has 0 saturated carbocycles. The monoisotopic (exact) mass is 339 g/mol. The van der Waals surface area contributed by atoms with Crippen molar-refractivity contribution in [3.63, 3.8) is 0 Å². The number of guanidine groups is 1. The summed E-state index contributed by atoms with van der Waals surface area (Å²) in [5.74, 6) is 0.752. The van der Waals surface area contributed by atoms with E-state index in [0.717, 1.165) is 25.9 Å². The van der Waals surface area contributed by atoms with Crippen molar-refractivity contribution in [1.82, 2.24) is 10.6 Å². The molecule has 1 aromatic carbocycles. The van der Waals surface area contributed by atoms with Crippen LogP contribution in [0.25, 0.3) is 0 Å². The smallest absolute Gasteiger partial charge is 0.191 e. The zero-order valence-electron chi connectivity index (χ0n) is 14.4. The van der Waals surface area contributed by atoms with Crippen LogP contribution >= 0.6 is 0 Å². The van der Waals surface area contributed by atoms with Gasteiger partial charge in [0.2, 0.25) is 0 Å². The van der Waals surface area contributed by atoms with Gasteiger partial charge in [-0.2, -0.15) is 0 Å². The van der Waals surface area contributed by atoms with Gasteiger partial charge in [0.15, 0.2) is 15.8 Å². The molecule has 0 saturated heterocycles. The van der Waals surface area contributed by atoms with Gasteiger partial charge >= 0.3 is 0 Å². The Morgan fingerprint density at radius 3 is 2.43 bits per heavy atom. The summed E-state index contributed by atoms with van der Waals surface area (Å²) in [6.45, 7) is 7.59. The minimum Gasteiger partial charge on any atom is -0.357 e. The maximum absolute atomic E-state index is 12.5. The quantitative estimate of drug-likeness (QED) is 0.412. The van der Waals surface area contributed by atoms with Gasteiger partial charge in [-0.15, -0.1) is 0 Å². The lowest BCUT2D eigenvalue weighted by atomic mass is 10.2. The first kappa shape index (κ1) is 19.5. The van der Waals surface area contributed by atoms with Gasteiger partial charge in [-0.3, -0.25) is 4.99 Å². The van der Waals surface area contributed by atoms with Crippen molar-refractivity contribution in [1.29, 1.82) is 0 Å². The first-order valence-corrected chi connectivity index (χ1v) is 10.0. The van der Waals surface area contributed by atoms with E-state index in [2.05, 4.69) is 22.5 Å². The minimum absolute atomic E-state index is 0.0612. The standard InChI is InChI=1S/C17H29N3O2S/c1-4-7-13-19-17(18-6-3)20-15(5-2)14-23(21,22)16-11-9-8-10-12-16/h8-12,15H,4-7,13-14H2,1-3H3,(H2,18,19,20). The lowest BCUT2D eigenvalue weighted by Gasteiger charge is -2.20. The van der Waals surface area contributed by atoms with Gasteiger partial charge in [0.25, 0.3) is 0 Å². The van der Waals surface area contributed by atoms with Crippen molar-refractivity contribution in [3.05, 3.63) is 30.3 Å². The van der Waals surface area contributed by atoms with Crippen molar-refractivity contribution in [2.75, 3.05) is 18.8 Å². The van der Waals surface area contributed by atoms with Crippen molar-refractivity contribution < 1.29 is 8.42 Å². The van der Waals surface area contributed by atoms with Crippen LogP contribution < -0.4 is 10.6 Å². The number of nitrogens with one attached hydrogen (secondary N) is 2. The van der Waals surface area contributed by atoms with Crippen LogP contribution in [0.1, 0.15) is 40.0 Å². The maximum atomic E-state index is 12.5. The molecule has 2 N–H and O–H groups in total. The fourth-order valence-electron chi connectivity index (χ4n) is 2.11. The number of sulfone groups is 1. The minimum atomic E-state index is -3.30. The number of aliphatic imine (C=N–C) groups is 1. The zero-order chi connectivity index (χ0) is 17.1. The van der Waals surface area contributed by atoms with E-state index in [4.69, 9.17) is 0 Å². The highest BCUT2D eigenvalue weighted by Gasteiger charge is 2.20. The van der Waals surface area contributed by atoms with Gasteiger partial charge in [-0.1, -0.05) is 38.5 Å². The van der Waals surface area contributed by atoms with Crippen LogP contribution in [0.3, 0.4) is 0 Å². The van der Waals surface area contributed by atoms with Gasteiger partial charge in [-0.05, 0) is 31.9 Å². The predicted molar refractivity (Wildman–Crippen MR) is 96.6 cm³/mol. The first-order valence-electron chi connectivity index (χ1n) is 8.36. The molecule has 130 valence electrons. The van der Waals surface area contributed by atoms with Crippen LogP contribution in [-0.2, 0) is 9.84 Å². The molecule has 0 heterocycles. The number of rotatable bonds is 9. The third kappa shape index (κ3) is 7.03. The SMILES string of the molecule is CCCCN=C(NCC)NC(CC)CS(=O)(=O)c1ccccc1. The Hall–Kier alpha value is -1.56. The van der Waals surface area contributed by atoms with E-state index >= 15 is 0 Å².